The number of benzene rings is 1. The number of likely N-dealkylation sites (N-methyl/N-ethyl adjacent to an activating group) is 1. The Bertz CT molecular complexity index is 499. The molecule has 1 heterocycles. The van der Waals surface area contributed by atoms with Crippen molar-refractivity contribution < 1.29 is 14.3 Å². The van der Waals surface area contributed by atoms with E-state index in [-0.39, 0.29) is 12.5 Å². The summed E-state index contributed by atoms with van der Waals surface area (Å²) in [5, 5.41) is 2.55. The number of amides is 2. The number of rotatable bonds is 2. The molecule has 1 aliphatic heterocycles. The van der Waals surface area contributed by atoms with Crippen LogP contribution in [0.4, 0.5) is 5.69 Å². The summed E-state index contributed by atoms with van der Waals surface area (Å²) < 4.78 is 5.54. The molecule has 94 valence electrons. The minimum Gasteiger partial charge on any atom is -0.489 e. The van der Waals surface area contributed by atoms with E-state index in [0.29, 0.717) is 11.4 Å². The lowest BCUT2D eigenvalue weighted by Gasteiger charge is -2.19. The van der Waals surface area contributed by atoms with Gasteiger partial charge < -0.3 is 15.0 Å². The fourth-order valence-corrected chi connectivity index (χ4v) is 1.79. The summed E-state index contributed by atoms with van der Waals surface area (Å²) in [5.41, 5.74) is 0.692. The van der Waals surface area contributed by atoms with Gasteiger partial charge in [0, 0.05) is 7.05 Å². The number of hydrogen-bond donors (Lipinski definition) is 1. The fourth-order valence-electron chi connectivity index (χ4n) is 1.79. The third kappa shape index (κ3) is 2.20. The molecule has 2 rings (SSSR count). The van der Waals surface area contributed by atoms with E-state index in [9.17, 15) is 9.59 Å². The Balaban J connectivity index is 2.25. The molecule has 5 nitrogen and oxygen atoms in total. The molecule has 18 heavy (non-hydrogen) atoms. The number of anilines is 1. The van der Waals surface area contributed by atoms with E-state index in [1.165, 1.54) is 4.90 Å². The number of nitrogens with one attached hydrogen (secondary N) is 1. The second kappa shape index (κ2) is 4.91. The van der Waals surface area contributed by atoms with Gasteiger partial charge in [0.1, 0.15) is 18.4 Å². The molecule has 0 radical (unpaired) electrons. The summed E-state index contributed by atoms with van der Waals surface area (Å²) in [4.78, 5) is 24.9. The normalized spacial score (nSPS) is 18.4. The molecule has 0 saturated carbocycles. The lowest BCUT2D eigenvalue weighted by atomic mass is 10.2. The van der Waals surface area contributed by atoms with Crippen molar-refractivity contribution >= 4 is 17.5 Å². The van der Waals surface area contributed by atoms with Crippen molar-refractivity contribution in [3.05, 3.63) is 36.9 Å². The Hall–Kier alpha value is -2.30. The summed E-state index contributed by atoms with van der Waals surface area (Å²) in [6, 6.07) is 6.55. The Morgan fingerprint density at radius 1 is 1.56 bits per heavy atom. The van der Waals surface area contributed by atoms with Crippen LogP contribution in [0.5, 0.6) is 5.75 Å². The number of hydrogen-bond acceptors (Lipinski definition) is 3. The second-order valence-electron chi connectivity index (χ2n) is 3.94. The van der Waals surface area contributed by atoms with E-state index < -0.39 is 11.9 Å². The predicted octanol–water partition coefficient (Wildman–Crippen LogP) is 0.713. The topological polar surface area (TPSA) is 58.6 Å². The van der Waals surface area contributed by atoms with Gasteiger partial charge in [-0.25, -0.2) is 0 Å². The second-order valence-corrected chi connectivity index (χ2v) is 3.94. The summed E-state index contributed by atoms with van der Waals surface area (Å²) in [7, 11) is 1.66. The van der Waals surface area contributed by atoms with E-state index in [0.717, 1.165) is 6.08 Å². The van der Waals surface area contributed by atoms with E-state index in [1.54, 1.807) is 19.2 Å². The average molecular weight is 246 g/mol. The number of carbonyl (C=O) groups excluding carboxylic acids is 2. The molecule has 1 aromatic rings. The largest absolute Gasteiger partial charge is 0.489 e. The van der Waals surface area contributed by atoms with Crippen LogP contribution in [0.3, 0.4) is 0 Å². The molecule has 0 saturated heterocycles. The van der Waals surface area contributed by atoms with Gasteiger partial charge in [0.25, 0.3) is 5.91 Å². The Morgan fingerprint density at radius 3 is 3.00 bits per heavy atom. The summed E-state index contributed by atoms with van der Waals surface area (Å²) in [5.74, 6) is 0.0233. The van der Waals surface area contributed by atoms with Gasteiger partial charge in [-0.3, -0.25) is 9.59 Å². The highest BCUT2D eigenvalue weighted by Crippen LogP contribution is 2.29. The molecule has 0 bridgehead atoms. The maximum Gasteiger partial charge on any atom is 0.252 e. The number of carbonyl (C=O) groups is 2. The van der Waals surface area contributed by atoms with Crippen molar-refractivity contribution in [2.24, 2.45) is 0 Å². The zero-order valence-electron chi connectivity index (χ0n) is 10.1. The monoisotopic (exact) mass is 246 g/mol. The first-order chi connectivity index (χ1) is 8.63. The highest BCUT2D eigenvalue weighted by molar-refractivity contribution is 6.01. The molecular formula is C13H14N2O3. The van der Waals surface area contributed by atoms with Crippen LogP contribution in [-0.4, -0.2) is 31.5 Å². The molecule has 5 heteroatoms. The highest BCUT2D eigenvalue weighted by Gasteiger charge is 2.29. The fraction of sp³-hybridized carbons (Fsp3) is 0.231. The van der Waals surface area contributed by atoms with Gasteiger partial charge in [-0.2, -0.15) is 0 Å². The van der Waals surface area contributed by atoms with Crippen LogP contribution < -0.4 is 15.0 Å². The Kier molecular flexibility index (Phi) is 3.32. The molecule has 1 aliphatic rings. The molecule has 0 spiro atoms. The van der Waals surface area contributed by atoms with Crippen LogP contribution in [0, 0.1) is 0 Å². The van der Waals surface area contributed by atoms with E-state index in [1.807, 2.05) is 12.1 Å². The lowest BCUT2D eigenvalue weighted by molar-refractivity contribution is -0.125. The molecule has 2 amide bonds. The highest BCUT2D eigenvalue weighted by atomic mass is 16.5. The number of fused-ring (bicyclic) bond motifs is 1. The van der Waals surface area contributed by atoms with Crippen LogP contribution in [0.25, 0.3) is 0 Å². The Morgan fingerprint density at radius 2 is 2.28 bits per heavy atom. The van der Waals surface area contributed by atoms with Crippen LogP contribution in [0.1, 0.15) is 0 Å². The van der Waals surface area contributed by atoms with Crippen molar-refractivity contribution in [3.63, 3.8) is 0 Å². The standard InChI is InChI=1S/C13H14N2O3/c1-3-12(16)14-9-8-18-11-7-5-4-6-10(11)15(2)13(9)17/h3-7,9H,1,8H2,2H3,(H,14,16)/t9-/m1/s1. The van der Waals surface area contributed by atoms with Gasteiger partial charge in [0.15, 0.2) is 0 Å². The van der Waals surface area contributed by atoms with Crippen molar-refractivity contribution in [2.75, 3.05) is 18.6 Å². The van der Waals surface area contributed by atoms with E-state index in [2.05, 4.69) is 11.9 Å². The molecule has 0 aromatic heterocycles. The van der Waals surface area contributed by atoms with Crippen molar-refractivity contribution in [3.8, 4) is 5.75 Å². The molecule has 1 N–H and O–H groups in total. The minimum atomic E-state index is -0.701. The van der Waals surface area contributed by atoms with Crippen LogP contribution in [0.2, 0.25) is 0 Å². The maximum atomic E-state index is 12.2. The maximum absolute atomic E-state index is 12.2. The smallest absolute Gasteiger partial charge is 0.252 e. The minimum absolute atomic E-state index is 0.111. The molecule has 0 unspecified atom stereocenters. The average Bonchev–Trinajstić information content (AvgIpc) is 2.51. The van der Waals surface area contributed by atoms with Gasteiger partial charge in [-0.05, 0) is 18.2 Å². The number of nitrogens with zero attached hydrogens (tertiary/aromatic N) is 1. The third-order valence-corrected chi connectivity index (χ3v) is 2.76. The summed E-state index contributed by atoms with van der Waals surface area (Å²) in [6.07, 6.45) is 1.13. The zero-order chi connectivity index (χ0) is 13.1. The van der Waals surface area contributed by atoms with Crippen LogP contribution in [-0.2, 0) is 9.59 Å². The first-order valence-corrected chi connectivity index (χ1v) is 5.56. The summed E-state index contributed by atoms with van der Waals surface area (Å²) >= 11 is 0. The lowest BCUT2D eigenvalue weighted by Crippen LogP contribution is -2.48. The summed E-state index contributed by atoms with van der Waals surface area (Å²) in [6.45, 7) is 3.47. The van der Waals surface area contributed by atoms with E-state index >= 15 is 0 Å². The molecule has 0 aliphatic carbocycles. The molecule has 0 fully saturated rings. The Labute approximate surface area is 105 Å². The van der Waals surface area contributed by atoms with Gasteiger partial charge in [0.05, 0.1) is 5.69 Å². The molecule has 1 atom stereocenters. The number of para-hydroxylation sites is 2. The van der Waals surface area contributed by atoms with Crippen molar-refractivity contribution in [1.29, 1.82) is 0 Å². The van der Waals surface area contributed by atoms with Crippen molar-refractivity contribution in [2.45, 2.75) is 6.04 Å². The molecule has 1 aromatic carbocycles. The number of ether oxygens (including phenoxy) is 1. The zero-order valence-corrected chi connectivity index (χ0v) is 10.1. The van der Waals surface area contributed by atoms with E-state index in [4.69, 9.17) is 4.74 Å². The quantitative estimate of drug-likeness (QED) is 0.782. The van der Waals surface area contributed by atoms with Crippen LogP contribution in [0.15, 0.2) is 36.9 Å². The van der Waals surface area contributed by atoms with Gasteiger partial charge in [-0.1, -0.05) is 18.7 Å². The van der Waals surface area contributed by atoms with Gasteiger partial charge in [-0.15, -0.1) is 0 Å². The SMILES string of the molecule is C=CC(=O)N[C@@H]1COc2ccccc2N(C)C1=O. The first-order valence-electron chi connectivity index (χ1n) is 5.56. The van der Waals surface area contributed by atoms with Gasteiger partial charge in [0.2, 0.25) is 5.91 Å². The van der Waals surface area contributed by atoms with Gasteiger partial charge >= 0.3 is 0 Å². The third-order valence-electron chi connectivity index (χ3n) is 2.76. The van der Waals surface area contributed by atoms with Crippen LogP contribution >= 0.6 is 0 Å². The first kappa shape index (κ1) is 12.2. The molecular weight excluding hydrogens is 232 g/mol. The predicted molar refractivity (Wildman–Crippen MR) is 67.5 cm³/mol. The van der Waals surface area contributed by atoms with Crippen molar-refractivity contribution in [1.82, 2.24) is 5.32 Å².